The smallest absolute Gasteiger partial charge is 0.193 e. The molecule has 1 heterocycles. The largest absolute Gasteiger partial charge is 0.490 e. The number of aliphatic imine (C=N–C) groups is 1. The molecule has 0 aromatic heterocycles. The first-order valence-electron chi connectivity index (χ1n) is 10.1. The highest BCUT2D eigenvalue weighted by atomic mass is 32.2. The number of ether oxygens (including phenoxy) is 1. The summed E-state index contributed by atoms with van der Waals surface area (Å²) in [5.74, 6) is 2.04. The third-order valence-electron chi connectivity index (χ3n) is 4.93. The van der Waals surface area contributed by atoms with Crippen molar-refractivity contribution in [3.63, 3.8) is 0 Å². The van der Waals surface area contributed by atoms with E-state index in [1.54, 1.807) is 0 Å². The zero-order valence-electron chi connectivity index (χ0n) is 17.6. The van der Waals surface area contributed by atoms with Gasteiger partial charge in [-0.1, -0.05) is 32.0 Å². The average molecular weight is 410 g/mol. The van der Waals surface area contributed by atoms with Crippen molar-refractivity contribution in [2.24, 2.45) is 10.4 Å². The molecule has 1 N–H and O–H groups in total. The molecule has 0 spiro atoms. The van der Waals surface area contributed by atoms with Crippen LogP contribution in [0.2, 0.25) is 0 Å². The van der Waals surface area contributed by atoms with Gasteiger partial charge in [0.2, 0.25) is 0 Å². The van der Waals surface area contributed by atoms with E-state index in [1.807, 2.05) is 30.3 Å². The van der Waals surface area contributed by atoms with Crippen LogP contribution in [0.25, 0.3) is 0 Å². The van der Waals surface area contributed by atoms with Crippen LogP contribution >= 0.6 is 0 Å². The highest BCUT2D eigenvalue weighted by molar-refractivity contribution is 7.90. The van der Waals surface area contributed by atoms with E-state index in [4.69, 9.17) is 9.73 Å². The molecule has 1 aromatic rings. The molecule has 1 aliphatic rings. The Morgan fingerprint density at radius 1 is 1.25 bits per heavy atom. The Balaban J connectivity index is 1.90. The van der Waals surface area contributed by atoms with Crippen molar-refractivity contribution in [3.8, 4) is 5.75 Å². The van der Waals surface area contributed by atoms with Crippen molar-refractivity contribution in [2.45, 2.75) is 46.1 Å². The zero-order chi connectivity index (χ0) is 20.6. The molecule has 1 aliphatic heterocycles. The highest BCUT2D eigenvalue weighted by Gasteiger charge is 2.24. The first-order valence-corrected chi connectivity index (χ1v) is 12.2. The van der Waals surface area contributed by atoms with Crippen LogP contribution in [0.15, 0.2) is 35.3 Å². The standard InChI is InChI=1S/C21H35N3O3S/c1-5-22-20(23-17-21(2,3)13-16-28(4,25)26)24-14-11-19(12-15-24)27-18-9-7-6-8-10-18/h6-10,19H,5,11-17H2,1-4H3,(H,22,23). The minimum atomic E-state index is -2.95. The second-order valence-corrected chi connectivity index (χ2v) is 10.6. The number of nitrogens with zero attached hydrogens (tertiary/aromatic N) is 2. The quantitative estimate of drug-likeness (QED) is 0.528. The van der Waals surface area contributed by atoms with Gasteiger partial charge in [-0.05, 0) is 30.9 Å². The van der Waals surface area contributed by atoms with Crippen LogP contribution in [0.4, 0.5) is 0 Å². The number of benzene rings is 1. The van der Waals surface area contributed by atoms with Crippen LogP contribution in [-0.2, 0) is 9.84 Å². The Hall–Kier alpha value is -1.76. The molecule has 2 rings (SSSR count). The van der Waals surface area contributed by atoms with Gasteiger partial charge in [-0.25, -0.2) is 8.42 Å². The van der Waals surface area contributed by atoms with Crippen molar-refractivity contribution in [3.05, 3.63) is 30.3 Å². The van der Waals surface area contributed by atoms with Crippen LogP contribution in [0.3, 0.4) is 0 Å². The lowest BCUT2D eigenvalue weighted by molar-refractivity contribution is 0.129. The Morgan fingerprint density at radius 3 is 2.46 bits per heavy atom. The summed E-state index contributed by atoms with van der Waals surface area (Å²) < 4.78 is 29.0. The van der Waals surface area contributed by atoms with Crippen LogP contribution in [0, 0.1) is 5.41 Å². The van der Waals surface area contributed by atoms with E-state index < -0.39 is 9.84 Å². The molecular formula is C21H35N3O3S. The van der Waals surface area contributed by atoms with Crippen LogP contribution in [-0.4, -0.2) is 63.6 Å². The maximum atomic E-state index is 11.5. The van der Waals surface area contributed by atoms with E-state index in [9.17, 15) is 8.42 Å². The number of nitrogens with one attached hydrogen (secondary N) is 1. The number of piperidine rings is 1. The normalized spacial score (nSPS) is 16.9. The summed E-state index contributed by atoms with van der Waals surface area (Å²) in [5.41, 5.74) is -0.154. The SMILES string of the molecule is CCNC(=NCC(C)(C)CCS(C)(=O)=O)N1CCC(Oc2ccccc2)CC1. The summed E-state index contributed by atoms with van der Waals surface area (Å²) >= 11 is 0. The van der Waals surface area contributed by atoms with Gasteiger partial charge in [0.05, 0.1) is 5.75 Å². The van der Waals surface area contributed by atoms with Crippen molar-refractivity contribution in [1.82, 2.24) is 10.2 Å². The van der Waals surface area contributed by atoms with E-state index >= 15 is 0 Å². The Bertz CT molecular complexity index is 725. The van der Waals surface area contributed by atoms with Gasteiger partial charge in [0.25, 0.3) is 0 Å². The maximum Gasteiger partial charge on any atom is 0.193 e. The summed E-state index contributed by atoms with van der Waals surface area (Å²) in [4.78, 5) is 7.09. The van der Waals surface area contributed by atoms with Gasteiger partial charge < -0.3 is 15.0 Å². The minimum absolute atomic E-state index is 0.154. The number of likely N-dealkylation sites (tertiary alicyclic amines) is 1. The summed E-state index contributed by atoms with van der Waals surface area (Å²) in [7, 11) is -2.95. The van der Waals surface area contributed by atoms with Crippen molar-refractivity contribution < 1.29 is 13.2 Å². The maximum absolute atomic E-state index is 11.5. The van der Waals surface area contributed by atoms with Crippen LogP contribution in [0.1, 0.15) is 40.0 Å². The lowest BCUT2D eigenvalue weighted by Crippen LogP contribution is -2.47. The van der Waals surface area contributed by atoms with Gasteiger partial charge >= 0.3 is 0 Å². The summed E-state index contributed by atoms with van der Waals surface area (Å²) in [5, 5.41) is 3.38. The lowest BCUT2D eigenvalue weighted by Gasteiger charge is -2.35. The number of guanidine groups is 1. The summed E-state index contributed by atoms with van der Waals surface area (Å²) in [6, 6.07) is 9.97. The zero-order valence-corrected chi connectivity index (χ0v) is 18.5. The number of hydrogen-bond donors (Lipinski definition) is 1. The van der Waals surface area contributed by atoms with Crippen LogP contribution in [0.5, 0.6) is 5.75 Å². The van der Waals surface area contributed by atoms with E-state index in [-0.39, 0.29) is 17.3 Å². The van der Waals surface area contributed by atoms with E-state index in [1.165, 1.54) is 6.26 Å². The van der Waals surface area contributed by atoms with Gasteiger partial charge in [-0.3, -0.25) is 4.99 Å². The molecule has 1 fully saturated rings. The van der Waals surface area contributed by atoms with Crippen molar-refractivity contribution in [1.29, 1.82) is 0 Å². The molecule has 0 unspecified atom stereocenters. The molecule has 0 amide bonds. The van der Waals surface area contributed by atoms with E-state index in [0.29, 0.717) is 13.0 Å². The monoisotopic (exact) mass is 409 g/mol. The summed E-state index contributed by atoms with van der Waals surface area (Å²) in [6.07, 6.45) is 4.04. The van der Waals surface area contributed by atoms with Gasteiger partial charge in [0.1, 0.15) is 21.7 Å². The van der Waals surface area contributed by atoms with Crippen LogP contribution < -0.4 is 10.1 Å². The molecule has 158 valence electrons. The number of rotatable bonds is 8. The van der Waals surface area contributed by atoms with Gasteiger partial charge in [-0.15, -0.1) is 0 Å². The molecule has 0 bridgehead atoms. The molecule has 0 atom stereocenters. The predicted octanol–water partition coefficient (Wildman–Crippen LogP) is 2.96. The minimum Gasteiger partial charge on any atom is -0.490 e. The second-order valence-electron chi connectivity index (χ2n) is 8.33. The Morgan fingerprint density at radius 2 is 1.89 bits per heavy atom. The third kappa shape index (κ3) is 8.09. The molecule has 28 heavy (non-hydrogen) atoms. The fourth-order valence-corrected chi connectivity index (χ4v) is 4.06. The number of hydrogen-bond acceptors (Lipinski definition) is 4. The third-order valence-corrected chi connectivity index (χ3v) is 5.87. The highest BCUT2D eigenvalue weighted by Crippen LogP contribution is 2.22. The molecule has 0 radical (unpaired) electrons. The molecule has 1 aromatic carbocycles. The lowest BCUT2D eigenvalue weighted by atomic mass is 9.90. The Labute approximate surface area is 170 Å². The fourth-order valence-electron chi connectivity index (χ4n) is 3.13. The molecular weight excluding hydrogens is 374 g/mol. The molecule has 0 aliphatic carbocycles. The second kappa shape index (κ2) is 10.1. The number of para-hydroxylation sites is 1. The molecule has 7 heteroatoms. The van der Waals surface area contributed by atoms with Gasteiger partial charge in [-0.2, -0.15) is 0 Å². The topological polar surface area (TPSA) is 71.0 Å². The van der Waals surface area contributed by atoms with Crippen molar-refractivity contribution in [2.75, 3.05) is 38.2 Å². The van der Waals surface area contributed by atoms with Gasteiger partial charge in [0.15, 0.2) is 5.96 Å². The molecule has 1 saturated heterocycles. The average Bonchev–Trinajstić information content (AvgIpc) is 2.65. The predicted molar refractivity (Wildman–Crippen MR) is 116 cm³/mol. The van der Waals surface area contributed by atoms with Crippen molar-refractivity contribution >= 4 is 15.8 Å². The molecule has 0 saturated carbocycles. The van der Waals surface area contributed by atoms with E-state index in [2.05, 4.69) is 31.0 Å². The Kier molecular flexibility index (Phi) is 8.16. The fraction of sp³-hybridized carbons (Fsp3) is 0.667. The first kappa shape index (κ1) is 22.5. The molecule has 6 nitrogen and oxygen atoms in total. The van der Waals surface area contributed by atoms with Gasteiger partial charge in [0, 0.05) is 45.3 Å². The first-order chi connectivity index (χ1) is 13.2. The summed E-state index contributed by atoms with van der Waals surface area (Å²) in [6.45, 7) is 9.42. The number of sulfone groups is 1. The van der Waals surface area contributed by atoms with E-state index in [0.717, 1.165) is 44.2 Å².